The van der Waals surface area contributed by atoms with E-state index in [0.29, 0.717) is 68.2 Å². The maximum atomic E-state index is 14.7. The minimum absolute atomic E-state index is 0.311. The van der Waals surface area contributed by atoms with Crippen molar-refractivity contribution in [2.45, 2.75) is 88.6 Å². The van der Waals surface area contributed by atoms with Gasteiger partial charge in [0.25, 0.3) is 0 Å². The Morgan fingerprint density at radius 3 is 2.83 bits per heavy atom. The molecule has 11 heteroatoms. The summed E-state index contributed by atoms with van der Waals surface area (Å²) in [5, 5.41) is 10.2. The molecule has 5 heterocycles. The molecule has 4 aliphatic heterocycles. The van der Waals surface area contributed by atoms with Gasteiger partial charge < -0.3 is 29.7 Å². The SMILES string of the molecule is CC1CCC2(Cc3nc(OCCCC(F)CN4CCCC4)nc(N4CC(N5CCCOCC5)C4)c3CO2)c2c1ccc(N)c2C#N. The van der Waals surface area contributed by atoms with Gasteiger partial charge in [-0.2, -0.15) is 15.2 Å². The molecule has 0 amide bonds. The zero-order valence-electron chi connectivity index (χ0n) is 27.2. The van der Waals surface area contributed by atoms with Crippen LogP contribution < -0.4 is 15.4 Å². The van der Waals surface area contributed by atoms with Crippen molar-refractivity contribution in [3.05, 3.63) is 40.1 Å². The molecule has 0 bridgehead atoms. The molecule has 3 atom stereocenters. The van der Waals surface area contributed by atoms with Gasteiger partial charge in [-0.3, -0.25) is 4.90 Å². The van der Waals surface area contributed by atoms with Crippen LogP contribution in [0.2, 0.25) is 0 Å². The summed E-state index contributed by atoms with van der Waals surface area (Å²) in [5.74, 6) is 1.18. The number of benzene rings is 1. The van der Waals surface area contributed by atoms with E-state index in [9.17, 15) is 9.65 Å². The molecule has 1 spiro atoms. The summed E-state index contributed by atoms with van der Waals surface area (Å²) >= 11 is 0. The second-order valence-electron chi connectivity index (χ2n) is 13.9. The van der Waals surface area contributed by atoms with Gasteiger partial charge >= 0.3 is 6.01 Å². The third kappa shape index (κ3) is 6.29. The van der Waals surface area contributed by atoms with E-state index in [1.807, 2.05) is 6.07 Å². The lowest BCUT2D eigenvalue weighted by Crippen LogP contribution is -2.60. The van der Waals surface area contributed by atoms with Crippen molar-refractivity contribution in [2.75, 3.05) is 76.3 Å². The van der Waals surface area contributed by atoms with Crippen LogP contribution >= 0.6 is 0 Å². The van der Waals surface area contributed by atoms with Crippen molar-refractivity contribution < 1.29 is 18.6 Å². The largest absolute Gasteiger partial charge is 0.463 e. The molecule has 7 rings (SSSR count). The van der Waals surface area contributed by atoms with E-state index < -0.39 is 11.8 Å². The number of nitrogen functional groups attached to an aromatic ring is 1. The van der Waals surface area contributed by atoms with Crippen LogP contribution in [0.15, 0.2) is 12.1 Å². The molecular weight excluding hydrogens is 585 g/mol. The van der Waals surface area contributed by atoms with Gasteiger partial charge in [-0.05, 0) is 75.6 Å². The summed E-state index contributed by atoms with van der Waals surface area (Å²) in [6.45, 7) is 10.8. The molecule has 0 radical (unpaired) electrons. The summed E-state index contributed by atoms with van der Waals surface area (Å²) < 4.78 is 33.4. The van der Waals surface area contributed by atoms with Crippen LogP contribution in [-0.2, 0) is 28.1 Å². The van der Waals surface area contributed by atoms with Crippen molar-refractivity contribution in [3.8, 4) is 12.1 Å². The van der Waals surface area contributed by atoms with Crippen molar-refractivity contribution in [3.63, 3.8) is 0 Å². The predicted octanol–water partition coefficient (Wildman–Crippen LogP) is 4.30. The first kappa shape index (κ1) is 31.6. The van der Waals surface area contributed by atoms with Crippen LogP contribution in [0.5, 0.6) is 6.01 Å². The Kier molecular flexibility index (Phi) is 9.33. The van der Waals surface area contributed by atoms with Crippen LogP contribution in [0.1, 0.15) is 85.7 Å². The number of nitriles is 1. The third-order valence-corrected chi connectivity index (χ3v) is 10.8. The molecule has 0 saturated carbocycles. The van der Waals surface area contributed by atoms with Crippen molar-refractivity contribution in [2.24, 2.45) is 0 Å². The smallest absolute Gasteiger partial charge is 0.318 e. The zero-order chi connectivity index (χ0) is 31.7. The second-order valence-corrected chi connectivity index (χ2v) is 13.9. The lowest BCUT2D eigenvalue weighted by Gasteiger charge is -2.48. The van der Waals surface area contributed by atoms with E-state index in [-0.39, 0.29) is 0 Å². The average Bonchev–Trinajstić information content (AvgIpc) is 3.40. The molecule has 248 valence electrons. The first-order chi connectivity index (χ1) is 22.4. The molecule has 2 N–H and O–H groups in total. The molecule has 2 aromatic rings. The molecular formula is C35H48FN7O3. The van der Waals surface area contributed by atoms with Gasteiger partial charge in [0.05, 0.1) is 31.1 Å². The lowest BCUT2D eigenvalue weighted by molar-refractivity contribution is -0.0873. The minimum Gasteiger partial charge on any atom is -0.463 e. The zero-order valence-corrected chi connectivity index (χ0v) is 27.2. The fourth-order valence-electron chi connectivity index (χ4n) is 8.15. The molecule has 46 heavy (non-hydrogen) atoms. The number of nitrogens with two attached hydrogens (primary N) is 1. The average molecular weight is 634 g/mol. The van der Waals surface area contributed by atoms with Crippen LogP contribution in [0, 0.1) is 11.3 Å². The Hall–Kier alpha value is -3.04. The second kappa shape index (κ2) is 13.6. The number of aromatic nitrogens is 2. The molecule has 3 saturated heterocycles. The van der Waals surface area contributed by atoms with E-state index in [2.05, 4.69) is 33.8 Å². The van der Waals surface area contributed by atoms with Crippen LogP contribution in [0.3, 0.4) is 0 Å². The Bertz CT molecular complexity index is 1430. The maximum absolute atomic E-state index is 14.7. The van der Waals surface area contributed by atoms with Gasteiger partial charge in [-0.25, -0.2) is 4.39 Å². The van der Waals surface area contributed by atoms with Crippen LogP contribution in [0.4, 0.5) is 15.9 Å². The topological polar surface area (TPSA) is 113 Å². The third-order valence-electron chi connectivity index (χ3n) is 10.8. The summed E-state index contributed by atoms with van der Waals surface area (Å²) in [7, 11) is 0. The highest BCUT2D eigenvalue weighted by Crippen LogP contribution is 2.51. The summed E-state index contributed by atoms with van der Waals surface area (Å²) in [6, 6.07) is 7.09. The van der Waals surface area contributed by atoms with Gasteiger partial charge in [0.1, 0.15) is 23.7 Å². The monoisotopic (exact) mass is 633 g/mol. The summed E-state index contributed by atoms with van der Waals surface area (Å²) in [5.41, 5.74) is 10.6. The number of hydrogen-bond donors (Lipinski definition) is 1. The highest BCUT2D eigenvalue weighted by atomic mass is 19.1. The van der Waals surface area contributed by atoms with E-state index in [1.165, 1.54) is 12.8 Å². The summed E-state index contributed by atoms with van der Waals surface area (Å²) in [6.07, 6.45) is 5.87. The molecule has 3 fully saturated rings. The Morgan fingerprint density at radius 1 is 1.15 bits per heavy atom. The molecule has 5 aliphatic rings. The first-order valence-electron chi connectivity index (χ1n) is 17.4. The van der Waals surface area contributed by atoms with E-state index in [1.54, 1.807) is 0 Å². The van der Waals surface area contributed by atoms with Crippen molar-refractivity contribution in [1.82, 2.24) is 19.8 Å². The number of rotatable bonds is 9. The highest BCUT2D eigenvalue weighted by molar-refractivity contribution is 5.64. The van der Waals surface area contributed by atoms with Crippen molar-refractivity contribution >= 4 is 11.5 Å². The Morgan fingerprint density at radius 2 is 2.00 bits per heavy atom. The number of halogens is 1. The number of ether oxygens (including phenoxy) is 3. The van der Waals surface area contributed by atoms with Crippen LogP contribution in [0.25, 0.3) is 0 Å². The normalized spacial score (nSPS) is 26.2. The highest BCUT2D eigenvalue weighted by Gasteiger charge is 2.47. The number of hydrogen-bond acceptors (Lipinski definition) is 10. The maximum Gasteiger partial charge on any atom is 0.318 e. The molecule has 3 unspecified atom stereocenters. The quantitative estimate of drug-likeness (QED) is 0.317. The minimum atomic E-state index is -0.850. The summed E-state index contributed by atoms with van der Waals surface area (Å²) in [4.78, 5) is 17.0. The van der Waals surface area contributed by atoms with Gasteiger partial charge in [0.15, 0.2) is 0 Å². The van der Waals surface area contributed by atoms with E-state index in [4.69, 9.17) is 29.9 Å². The standard InChI is InChI=1S/C35H48FN7O3/c1-24-9-10-35(32-27(24)7-8-30(38)28(32)19-37)18-31-29(23-46-35)33(43-21-26(22-43)42-13-5-15-44-17-14-42)40-34(39-31)45-16-4-6-25(36)20-41-11-2-3-12-41/h7-8,24-26H,2-6,9-18,20-23,38H2,1H3. The lowest BCUT2D eigenvalue weighted by atomic mass is 9.69. The number of anilines is 2. The Balaban J connectivity index is 1.12. The van der Waals surface area contributed by atoms with E-state index in [0.717, 1.165) is 99.9 Å². The number of likely N-dealkylation sites (tertiary alicyclic amines) is 1. The number of nitrogens with zero attached hydrogens (tertiary/aromatic N) is 6. The first-order valence-corrected chi connectivity index (χ1v) is 17.4. The van der Waals surface area contributed by atoms with Gasteiger partial charge in [0.2, 0.25) is 0 Å². The molecule has 1 aromatic heterocycles. The fourth-order valence-corrected chi connectivity index (χ4v) is 8.15. The van der Waals surface area contributed by atoms with Gasteiger partial charge in [0, 0.05) is 68.6 Å². The Labute approximate surface area is 272 Å². The molecule has 1 aliphatic carbocycles. The molecule has 1 aromatic carbocycles. The number of alkyl halides is 1. The van der Waals surface area contributed by atoms with Gasteiger partial charge in [-0.1, -0.05) is 13.0 Å². The van der Waals surface area contributed by atoms with Gasteiger partial charge in [-0.15, -0.1) is 0 Å². The van der Waals surface area contributed by atoms with E-state index >= 15 is 0 Å². The molecule has 10 nitrogen and oxygen atoms in total. The van der Waals surface area contributed by atoms with Crippen molar-refractivity contribution in [1.29, 1.82) is 5.26 Å². The van der Waals surface area contributed by atoms with Crippen LogP contribution in [-0.4, -0.2) is 97.6 Å². The number of fused-ring (bicyclic) bond motifs is 3. The predicted molar refractivity (Wildman–Crippen MR) is 174 cm³/mol. The fraction of sp³-hybridized carbons (Fsp3) is 0.686.